The molecule has 0 aliphatic heterocycles. The van der Waals surface area contributed by atoms with E-state index in [9.17, 15) is 18.0 Å². The minimum Gasteiger partial charge on any atom is -0.350 e. The molecule has 0 spiro atoms. The van der Waals surface area contributed by atoms with Crippen molar-refractivity contribution in [3.8, 4) is 0 Å². The van der Waals surface area contributed by atoms with Gasteiger partial charge in [0.25, 0.3) is 0 Å². The van der Waals surface area contributed by atoms with Crippen molar-refractivity contribution in [3.63, 3.8) is 0 Å². The number of hydrogen-bond donors (Lipinski definition) is 1. The summed E-state index contributed by atoms with van der Waals surface area (Å²) in [5.74, 6) is -0.839. The maximum atomic E-state index is 14.0. The van der Waals surface area contributed by atoms with Crippen molar-refractivity contribution in [2.45, 2.75) is 52.2 Å². The van der Waals surface area contributed by atoms with Crippen LogP contribution in [-0.2, 0) is 32.6 Å². The number of anilines is 1. The molecule has 0 heterocycles. The van der Waals surface area contributed by atoms with Gasteiger partial charge in [0, 0.05) is 23.5 Å². The number of halogens is 1. The molecule has 208 valence electrons. The molecule has 0 aliphatic rings. The minimum absolute atomic E-state index is 0.0694. The standard InChI is InChI=1S/C30H36ClN3O4S/c1-22-14-16-26(17-15-22)34(39(5,37)38)21-28(35)33(20-24-12-9-13-25(31)18-24)27(29(36)32-30(2,3)4)19-23-10-7-6-8-11-23/h6-18,27H,19-21H2,1-5H3,(H,32,36)/t27-/m0/s1. The first-order valence-corrected chi connectivity index (χ1v) is 14.9. The summed E-state index contributed by atoms with van der Waals surface area (Å²) < 4.78 is 26.7. The number of sulfonamides is 1. The van der Waals surface area contributed by atoms with Crippen LogP contribution in [-0.4, -0.2) is 49.5 Å². The molecule has 0 unspecified atom stereocenters. The van der Waals surface area contributed by atoms with Crippen LogP contribution in [0.4, 0.5) is 5.69 Å². The lowest BCUT2D eigenvalue weighted by Gasteiger charge is -2.35. The third-order valence-electron chi connectivity index (χ3n) is 6.01. The maximum absolute atomic E-state index is 14.0. The van der Waals surface area contributed by atoms with Gasteiger partial charge in [0.15, 0.2) is 0 Å². The lowest BCUT2D eigenvalue weighted by molar-refractivity contribution is -0.140. The molecule has 0 aromatic heterocycles. The number of benzene rings is 3. The summed E-state index contributed by atoms with van der Waals surface area (Å²) in [7, 11) is -3.81. The zero-order valence-electron chi connectivity index (χ0n) is 23.0. The van der Waals surface area contributed by atoms with E-state index in [0.717, 1.165) is 27.3 Å². The number of carbonyl (C=O) groups excluding carboxylic acids is 2. The molecule has 0 aliphatic carbocycles. The van der Waals surface area contributed by atoms with Crippen LogP contribution in [0, 0.1) is 6.92 Å². The topological polar surface area (TPSA) is 86.8 Å². The normalized spacial score (nSPS) is 12.5. The molecule has 1 N–H and O–H groups in total. The number of nitrogens with zero attached hydrogens (tertiary/aromatic N) is 2. The Balaban J connectivity index is 2.07. The Morgan fingerprint density at radius 1 is 0.923 bits per heavy atom. The number of rotatable bonds is 10. The summed E-state index contributed by atoms with van der Waals surface area (Å²) in [6.07, 6.45) is 1.31. The molecule has 7 nitrogen and oxygen atoms in total. The molecule has 3 aromatic carbocycles. The van der Waals surface area contributed by atoms with Gasteiger partial charge in [0.05, 0.1) is 11.9 Å². The van der Waals surface area contributed by atoms with Gasteiger partial charge in [-0.05, 0) is 63.1 Å². The van der Waals surface area contributed by atoms with Crippen LogP contribution in [0.15, 0.2) is 78.9 Å². The van der Waals surface area contributed by atoms with Gasteiger partial charge >= 0.3 is 0 Å². The Morgan fingerprint density at radius 2 is 1.54 bits per heavy atom. The predicted octanol–water partition coefficient (Wildman–Crippen LogP) is 4.97. The van der Waals surface area contributed by atoms with E-state index >= 15 is 0 Å². The third kappa shape index (κ3) is 9.11. The van der Waals surface area contributed by atoms with E-state index in [2.05, 4.69) is 5.32 Å². The van der Waals surface area contributed by atoms with Crippen molar-refractivity contribution in [3.05, 3.63) is 101 Å². The van der Waals surface area contributed by atoms with Crippen LogP contribution in [0.5, 0.6) is 0 Å². The first kappa shape index (κ1) is 30.2. The lowest BCUT2D eigenvalue weighted by atomic mass is 10.0. The highest BCUT2D eigenvalue weighted by Gasteiger charge is 2.34. The Kier molecular flexibility index (Phi) is 9.80. The van der Waals surface area contributed by atoms with Gasteiger partial charge in [-0.3, -0.25) is 13.9 Å². The monoisotopic (exact) mass is 569 g/mol. The quantitative estimate of drug-likeness (QED) is 0.373. The van der Waals surface area contributed by atoms with Crippen LogP contribution in [0.1, 0.15) is 37.5 Å². The van der Waals surface area contributed by atoms with E-state index in [0.29, 0.717) is 10.7 Å². The average Bonchev–Trinajstić information content (AvgIpc) is 2.84. The van der Waals surface area contributed by atoms with Crippen molar-refractivity contribution in [1.29, 1.82) is 0 Å². The van der Waals surface area contributed by atoms with E-state index in [1.165, 1.54) is 4.90 Å². The molecule has 3 rings (SSSR count). The molecule has 39 heavy (non-hydrogen) atoms. The molecule has 0 saturated heterocycles. The highest BCUT2D eigenvalue weighted by atomic mass is 35.5. The van der Waals surface area contributed by atoms with Crippen molar-refractivity contribution in [2.24, 2.45) is 0 Å². The Hall–Kier alpha value is -3.36. The molecular formula is C30H36ClN3O4S. The molecule has 0 saturated carbocycles. The SMILES string of the molecule is Cc1ccc(N(CC(=O)N(Cc2cccc(Cl)c2)[C@@H](Cc2ccccc2)C(=O)NC(C)(C)C)S(C)(=O)=O)cc1. The van der Waals surface area contributed by atoms with Gasteiger partial charge in [-0.25, -0.2) is 8.42 Å². The van der Waals surface area contributed by atoms with Crippen molar-refractivity contribution in [2.75, 3.05) is 17.1 Å². The van der Waals surface area contributed by atoms with Gasteiger partial charge in [0.2, 0.25) is 21.8 Å². The van der Waals surface area contributed by atoms with Crippen LogP contribution >= 0.6 is 11.6 Å². The van der Waals surface area contributed by atoms with Crippen LogP contribution in [0.25, 0.3) is 0 Å². The van der Waals surface area contributed by atoms with E-state index in [-0.39, 0.29) is 18.9 Å². The summed E-state index contributed by atoms with van der Waals surface area (Å²) >= 11 is 6.23. The van der Waals surface area contributed by atoms with Crippen molar-refractivity contribution < 1.29 is 18.0 Å². The fraction of sp³-hybridized carbons (Fsp3) is 0.333. The van der Waals surface area contributed by atoms with E-state index in [1.807, 2.05) is 64.1 Å². The molecule has 0 bridgehead atoms. The van der Waals surface area contributed by atoms with E-state index in [1.54, 1.807) is 42.5 Å². The lowest BCUT2D eigenvalue weighted by Crippen LogP contribution is -2.56. The number of aryl methyl sites for hydroxylation is 1. The summed E-state index contributed by atoms with van der Waals surface area (Å²) in [5, 5.41) is 3.50. The molecule has 2 amide bonds. The Labute approximate surface area is 236 Å². The maximum Gasteiger partial charge on any atom is 0.244 e. The number of amides is 2. The van der Waals surface area contributed by atoms with E-state index in [4.69, 9.17) is 11.6 Å². The van der Waals surface area contributed by atoms with Crippen molar-refractivity contribution in [1.82, 2.24) is 10.2 Å². The first-order chi connectivity index (χ1) is 18.2. The van der Waals surface area contributed by atoms with Crippen molar-refractivity contribution >= 4 is 39.1 Å². The van der Waals surface area contributed by atoms with Gasteiger partial charge < -0.3 is 10.2 Å². The zero-order chi connectivity index (χ0) is 28.8. The van der Waals surface area contributed by atoms with Gasteiger partial charge in [-0.1, -0.05) is 71.8 Å². The molecular weight excluding hydrogens is 534 g/mol. The highest BCUT2D eigenvalue weighted by Crippen LogP contribution is 2.22. The number of nitrogens with one attached hydrogen (secondary N) is 1. The summed E-state index contributed by atoms with van der Waals surface area (Å²) in [5.41, 5.74) is 2.38. The fourth-order valence-corrected chi connectivity index (χ4v) is 5.23. The second-order valence-corrected chi connectivity index (χ2v) is 13.0. The van der Waals surface area contributed by atoms with Gasteiger partial charge in [-0.15, -0.1) is 0 Å². The second-order valence-electron chi connectivity index (χ2n) is 10.7. The van der Waals surface area contributed by atoms with E-state index < -0.39 is 34.1 Å². The third-order valence-corrected chi connectivity index (χ3v) is 7.39. The molecule has 0 radical (unpaired) electrons. The molecule has 1 atom stereocenters. The summed E-state index contributed by atoms with van der Waals surface area (Å²) in [4.78, 5) is 29.2. The zero-order valence-corrected chi connectivity index (χ0v) is 24.6. The highest BCUT2D eigenvalue weighted by molar-refractivity contribution is 7.92. The fourth-order valence-electron chi connectivity index (χ4n) is 4.16. The summed E-state index contributed by atoms with van der Waals surface area (Å²) in [6, 6.07) is 22.5. The number of hydrogen-bond acceptors (Lipinski definition) is 4. The van der Waals surface area contributed by atoms with Crippen LogP contribution in [0.3, 0.4) is 0 Å². The van der Waals surface area contributed by atoms with Gasteiger partial charge in [0.1, 0.15) is 12.6 Å². The Morgan fingerprint density at radius 3 is 2.10 bits per heavy atom. The minimum atomic E-state index is -3.81. The molecule has 9 heteroatoms. The smallest absolute Gasteiger partial charge is 0.244 e. The Bertz CT molecular complexity index is 1390. The predicted molar refractivity (Wildman–Crippen MR) is 157 cm³/mol. The van der Waals surface area contributed by atoms with Gasteiger partial charge in [-0.2, -0.15) is 0 Å². The molecule has 0 fully saturated rings. The average molecular weight is 570 g/mol. The molecule has 3 aromatic rings. The van der Waals surface area contributed by atoms with Crippen LogP contribution in [0.2, 0.25) is 5.02 Å². The second kappa shape index (κ2) is 12.7. The summed E-state index contributed by atoms with van der Waals surface area (Å²) in [6.45, 7) is 7.12. The first-order valence-electron chi connectivity index (χ1n) is 12.7. The van der Waals surface area contributed by atoms with Crippen LogP contribution < -0.4 is 9.62 Å². The number of carbonyl (C=O) groups is 2. The largest absolute Gasteiger partial charge is 0.350 e.